The molecule has 0 unspecified atom stereocenters. The molecule has 5 N–H and O–H groups in total. The van der Waals surface area contributed by atoms with Gasteiger partial charge in [-0.3, -0.25) is 13.7 Å². The fourth-order valence-electron chi connectivity index (χ4n) is 2.06. The molecule has 10 nitrogen and oxygen atoms in total. The molecule has 0 heterocycles. The Balaban J connectivity index is 3.23. The van der Waals surface area contributed by atoms with Crippen LogP contribution in [0.2, 0.25) is 0 Å². The maximum absolute atomic E-state index is 11.5. The zero-order valence-corrected chi connectivity index (χ0v) is 13.4. The minimum Gasteiger partial charge on any atom is -0.397 e. The molecular weight excluding hydrogens is 374 g/mol. The van der Waals surface area contributed by atoms with Gasteiger partial charge in [0.2, 0.25) is 0 Å². The molecule has 0 fully saturated rings. The number of anilines is 1. The van der Waals surface area contributed by atoms with Crippen molar-refractivity contribution in [1.82, 2.24) is 0 Å². The standard InChI is InChI=1S/C10H9NO9S3/c11-9-6(21(12,13)14)3-1-5-2-4-7(22(15,16)17)10(8(5)9)23(18,19)20/h1-4H,11H2,(H,12,13,14)(H,15,16,17)(H,18,19,20). The van der Waals surface area contributed by atoms with E-state index in [1.54, 1.807) is 0 Å². The Bertz CT molecular complexity index is 1130. The van der Waals surface area contributed by atoms with E-state index < -0.39 is 56.1 Å². The summed E-state index contributed by atoms with van der Waals surface area (Å²) in [6.07, 6.45) is 0. The highest BCUT2D eigenvalue weighted by Gasteiger charge is 2.29. The number of fused-ring (bicyclic) bond motifs is 1. The predicted octanol–water partition coefficient (Wildman–Crippen LogP) is 0.162. The molecule has 0 aliphatic rings. The first-order valence-electron chi connectivity index (χ1n) is 5.52. The smallest absolute Gasteiger partial charge is 0.296 e. The first kappa shape index (κ1) is 17.6. The van der Waals surface area contributed by atoms with Crippen LogP contribution in [0.15, 0.2) is 39.0 Å². The minimum absolute atomic E-state index is 0.0464. The number of rotatable bonds is 3. The van der Waals surface area contributed by atoms with Gasteiger partial charge in [0, 0.05) is 5.39 Å². The Morgan fingerprint density at radius 1 is 0.696 bits per heavy atom. The van der Waals surface area contributed by atoms with Gasteiger partial charge in [0.1, 0.15) is 14.7 Å². The van der Waals surface area contributed by atoms with Gasteiger partial charge in [0.15, 0.2) is 0 Å². The van der Waals surface area contributed by atoms with Gasteiger partial charge < -0.3 is 5.73 Å². The molecule has 0 aromatic heterocycles. The molecule has 0 aliphatic heterocycles. The van der Waals surface area contributed by atoms with E-state index in [-0.39, 0.29) is 5.39 Å². The van der Waals surface area contributed by atoms with Crippen molar-refractivity contribution in [3.05, 3.63) is 24.3 Å². The van der Waals surface area contributed by atoms with Gasteiger partial charge in [0.25, 0.3) is 30.4 Å². The molecule has 13 heteroatoms. The third-order valence-electron chi connectivity index (χ3n) is 2.92. The molecular formula is C10H9NO9S3. The number of nitrogens with two attached hydrogens (primary N) is 1. The second-order valence-electron chi connectivity index (χ2n) is 4.39. The third kappa shape index (κ3) is 3.15. The molecule has 0 amide bonds. The van der Waals surface area contributed by atoms with Gasteiger partial charge in [-0.2, -0.15) is 25.3 Å². The van der Waals surface area contributed by atoms with Crippen molar-refractivity contribution in [2.45, 2.75) is 14.7 Å². The molecule has 0 atom stereocenters. The highest BCUT2D eigenvalue weighted by Crippen LogP contribution is 2.36. The lowest BCUT2D eigenvalue weighted by atomic mass is 10.1. The summed E-state index contributed by atoms with van der Waals surface area (Å²) < 4.78 is 95.6. The lowest BCUT2D eigenvalue weighted by Gasteiger charge is -2.12. The molecule has 0 spiro atoms. The maximum Gasteiger partial charge on any atom is 0.296 e. The Kier molecular flexibility index (Phi) is 3.91. The average Bonchev–Trinajstić information content (AvgIpc) is 2.34. The predicted molar refractivity (Wildman–Crippen MR) is 77.8 cm³/mol. The van der Waals surface area contributed by atoms with Crippen LogP contribution in [0.4, 0.5) is 5.69 Å². The Morgan fingerprint density at radius 3 is 1.52 bits per heavy atom. The molecule has 2 aromatic carbocycles. The SMILES string of the molecule is Nc1c(S(=O)(=O)O)ccc2ccc(S(=O)(=O)O)c(S(=O)(=O)O)c12. The van der Waals surface area contributed by atoms with E-state index in [4.69, 9.17) is 14.8 Å². The molecule has 2 rings (SSSR count). The number of hydrogen-bond acceptors (Lipinski definition) is 7. The molecule has 23 heavy (non-hydrogen) atoms. The van der Waals surface area contributed by atoms with Crippen LogP contribution in [0, 0.1) is 0 Å². The molecule has 0 saturated carbocycles. The van der Waals surface area contributed by atoms with Gasteiger partial charge in [-0.05, 0) is 17.5 Å². The average molecular weight is 383 g/mol. The van der Waals surface area contributed by atoms with E-state index in [2.05, 4.69) is 0 Å². The van der Waals surface area contributed by atoms with E-state index >= 15 is 0 Å². The van der Waals surface area contributed by atoms with E-state index in [1.165, 1.54) is 0 Å². The highest BCUT2D eigenvalue weighted by molar-refractivity contribution is 7.89. The number of nitrogen functional groups attached to an aromatic ring is 1. The molecule has 2 aromatic rings. The van der Waals surface area contributed by atoms with E-state index in [0.29, 0.717) is 6.07 Å². The quantitative estimate of drug-likeness (QED) is 0.419. The Labute approximate surface area is 130 Å². The second-order valence-corrected chi connectivity index (χ2v) is 8.53. The molecule has 0 radical (unpaired) electrons. The van der Waals surface area contributed by atoms with Gasteiger partial charge in [-0.25, -0.2) is 0 Å². The zero-order chi connectivity index (χ0) is 17.8. The van der Waals surface area contributed by atoms with Gasteiger partial charge in [-0.15, -0.1) is 0 Å². The fraction of sp³-hybridized carbons (Fsp3) is 0. The lowest BCUT2D eigenvalue weighted by molar-refractivity contribution is 0.467. The van der Waals surface area contributed by atoms with Crippen molar-refractivity contribution in [3.8, 4) is 0 Å². The highest BCUT2D eigenvalue weighted by atomic mass is 32.2. The van der Waals surface area contributed by atoms with Crippen molar-refractivity contribution in [3.63, 3.8) is 0 Å². The summed E-state index contributed by atoms with van der Waals surface area (Å²) in [5.74, 6) is 0. The van der Waals surface area contributed by atoms with Crippen LogP contribution in [0.1, 0.15) is 0 Å². The number of benzene rings is 2. The van der Waals surface area contributed by atoms with E-state index in [1.807, 2.05) is 0 Å². The summed E-state index contributed by atoms with van der Waals surface area (Å²) in [5, 5.41) is -0.715. The Morgan fingerprint density at radius 2 is 1.13 bits per heavy atom. The van der Waals surface area contributed by atoms with Crippen LogP contribution in [0.25, 0.3) is 10.8 Å². The van der Waals surface area contributed by atoms with Crippen molar-refractivity contribution in [1.29, 1.82) is 0 Å². The van der Waals surface area contributed by atoms with Crippen molar-refractivity contribution >= 4 is 46.8 Å². The monoisotopic (exact) mass is 383 g/mol. The molecule has 0 aliphatic carbocycles. The molecule has 0 bridgehead atoms. The largest absolute Gasteiger partial charge is 0.397 e. The van der Waals surface area contributed by atoms with Gasteiger partial charge >= 0.3 is 0 Å². The summed E-state index contributed by atoms with van der Waals surface area (Å²) in [6.45, 7) is 0. The zero-order valence-electron chi connectivity index (χ0n) is 10.9. The summed E-state index contributed by atoms with van der Waals surface area (Å²) in [7, 11) is -15.2. The topological polar surface area (TPSA) is 189 Å². The van der Waals surface area contributed by atoms with Crippen LogP contribution < -0.4 is 5.73 Å². The Hall–Kier alpha value is -1.77. The van der Waals surface area contributed by atoms with Crippen molar-refractivity contribution in [2.24, 2.45) is 0 Å². The van der Waals surface area contributed by atoms with E-state index in [0.717, 1.165) is 18.2 Å². The summed E-state index contributed by atoms with van der Waals surface area (Å²) in [6, 6.07) is 3.65. The van der Waals surface area contributed by atoms with Crippen LogP contribution in [0.5, 0.6) is 0 Å². The van der Waals surface area contributed by atoms with Crippen LogP contribution in [-0.4, -0.2) is 38.9 Å². The third-order valence-corrected chi connectivity index (χ3v) is 5.79. The maximum atomic E-state index is 11.5. The minimum atomic E-state index is -5.22. The van der Waals surface area contributed by atoms with Crippen molar-refractivity contribution < 1.29 is 38.9 Å². The van der Waals surface area contributed by atoms with Crippen molar-refractivity contribution in [2.75, 3.05) is 5.73 Å². The van der Waals surface area contributed by atoms with Crippen LogP contribution in [-0.2, 0) is 30.4 Å². The van der Waals surface area contributed by atoms with Gasteiger partial charge in [0.05, 0.1) is 5.69 Å². The van der Waals surface area contributed by atoms with E-state index in [9.17, 15) is 29.8 Å². The summed E-state index contributed by atoms with van der Waals surface area (Å²) in [5.41, 5.74) is 4.72. The number of hydrogen-bond donors (Lipinski definition) is 4. The summed E-state index contributed by atoms with van der Waals surface area (Å²) >= 11 is 0. The molecule has 0 saturated heterocycles. The second kappa shape index (κ2) is 5.12. The fourth-order valence-corrected chi connectivity index (χ4v) is 4.69. The first-order chi connectivity index (χ1) is 10.2. The lowest BCUT2D eigenvalue weighted by Crippen LogP contribution is -2.11. The summed E-state index contributed by atoms with van der Waals surface area (Å²) in [4.78, 5) is -3.37. The molecule has 126 valence electrons. The van der Waals surface area contributed by atoms with Gasteiger partial charge in [-0.1, -0.05) is 12.1 Å². The van der Waals surface area contributed by atoms with Crippen LogP contribution >= 0.6 is 0 Å². The van der Waals surface area contributed by atoms with Crippen LogP contribution in [0.3, 0.4) is 0 Å². The first-order valence-corrected chi connectivity index (χ1v) is 9.84. The normalized spacial score (nSPS) is 13.3.